The first-order valence-corrected chi connectivity index (χ1v) is 8.25. The van der Waals surface area contributed by atoms with Crippen LogP contribution in [0.5, 0.6) is 0 Å². The molecule has 1 saturated heterocycles. The van der Waals surface area contributed by atoms with Gasteiger partial charge in [0.15, 0.2) is 8.68 Å². The molecule has 0 spiro atoms. The molecule has 0 saturated carbocycles. The quantitative estimate of drug-likeness (QED) is 0.880. The van der Waals surface area contributed by atoms with Gasteiger partial charge in [0.2, 0.25) is 5.91 Å². The summed E-state index contributed by atoms with van der Waals surface area (Å²) < 4.78 is 26.8. The van der Waals surface area contributed by atoms with Crippen LogP contribution in [0.3, 0.4) is 0 Å². The van der Waals surface area contributed by atoms with Crippen LogP contribution < -0.4 is 5.32 Å². The fourth-order valence-electron chi connectivity index (χ4n) is 1.99. The molecule has 106 valence electrons. The third-order valence-electron chi connectivity index (χ3n) is 3.03. The van der Waals surface area contributed by atoms with E-state index in [9.17, 15) is 13.2 Å². The number of carbonyl (C=O) groups is 1. The summed E-state index contributed by atoms with van der Waals surface area (Å²) in [6.45, 7) is 5.28. The minimum absolute atomic E-state index is 0.0975. The largest absolute Gasteiger partial charge is 0.353 e. The fourth-order valence-corrected chi connectivity index (χ4v) is 5.58. The molecule has 1 fully saturated rings. The number of rotatable bonds is 2. The topological polar surface area (TPSA) is 79.4 Å². The molecule has 19 heavy (non-hydrogen) atoms. The van der Waals surface area contributed by atoms with Gasteiger partial charge < -0.3 is 5.32 Å². The van der Waals surface area contributed by atoms with Crippen molar-refractivity contribution < 1.29 is 13.2 Å². The minimum Gasteiger partial charge on any atom is -0.353 e. The molecule has 1 aliphatic heterocycles. The van der Waals surface area contributed by atoms with Crippen LogP contribution in [0.4, 0.5) is 0 Å². The van der Waals surface area contributed by atoms with Gasteiger partial charge in [-0.25, -0.2) is 13.4 Å². The minimum atomic E-state index is -3.77. The van der Waals surface area contributed by atoms with E-state index < -0.39 is 15.6 Å². The van der Waals surface area contributed by atoms with E-state index in [0.717, 1.165) is 11.3 Å². The predicted molar refractivity (Wildman–Crippen MR) is 72.8 cm³/mol. The number of carbonyl (C=O) groups excluding carboxylic acids is 1. The number of nitrogens with zero attached hydrogens (tertiary/aromatic N) is 2. The van der Waals surface area contributed by atoms with Crippen molar-refractivity contribution in [3.05, 3.63) is 10.2 Å². The molecule has 9 heteroatoms. The molecule has 1 aliphatic rings. The number of hydrogen-bond donors (Lipinski definition) is 1. The molecule has 0 atom stereocenters. The molecule has 1 amide bonds. The fraction of sp³-hybridized carbons (Fsp3) is 0.600. The van der Waals surface area contributed by atoms with E-state index in [1.807, 2.05) is 0 Å². The first-order chi connectivity index (χ1) is 8.67. The summed E-state index contributed by atoms with van der Waals surface area (Å²) in [6, 6.07) is 0. The van der Waals surface area contributed by atoms with E-state index in [1.54, 1.807) is 20.8 Å². The van der Waals surface area contributed by atoms with E-state index in [0.29, 0.717) is 12.2 Å². The molecule has 0 aliphatic carbocycles. The summed E-state index contributed by atoms with van der Waals surface area (Å²) in [5.41, 5.74) is -0.767. The van der Waals surface area contributed by atoms with Crippen molar-refractivity contribution >= 4 is 38.9 Å². The van der Waals surface area contributed by atoms with E-state index in [-0.39, 0.29) is 21.1 Å². The Labute approximate surface area is 120 Å². The average Bonchev–Trinajstić information content (AvgIpc) is 2.62. The van der Waals surface area contributed by atoms with Gasteiger partial charge in [-0.2, -0.15) is 4.31 Å². The lowest BCUT2D eigenvalue weighted by Gasteiger charge is -2.39. The Morgan fingerprint density at radius 3 is 2.63 bits per heavy atom. The third kappa shape index (κ3) is 2.37. The van der Waals surface area contributed by atoms with Gasteiger partial charge in [-0.1, -0.05) is 22.9 Å². The first-order valence-electron chi connectivity index (χ1n) is 5.61. The number of hydrogen-bond acceptors (Lipinski definition) is 5. The highest BCUT2D eigenvalue weighted by atomic mass is 35.5. The Morgan fingerprint density at radius 2 is 2.11 bits per heavy atom. The molecule has 2 rings (SSSR count). The van der Waals surface area contributed by atoms with Crippen LogP contribution in [-0.4, -0.2) is 42.2 Å². The predicted octanol–water partition coefficient (Wildman–Crippen LogP) is 1.00. The third-order valence-corrected chi connectivity index (χ3v) is 6.95. The lowest BCUT2D eigenvalue weighted by Crippen LogP contribution is -2.63. The Balaban J connectivity index is 2.50. The summed E-state index contributed by atoms with van der Waals surface area (Å²) in [4.78, 5) is 15.8. The van der Waals surface area contributed by atoms with Crippen molar-refractivity contribution in [2.24, 2.45) is 0 Å². The summed E-state index contributed by atoms with van der Waals surface area (Å²) in [6.07, 6.45) is 0. The van der Waals surface area contributed by atoms with Gasteiger partial charge >= 0.3 is 0 Å². The van der Waals surface area contributed by atoms with E-state index >= 15 is 0 Å². The highest BCUT2D eigenvalue weighted by Crippen LogP contribution is 2.33. The first kappa shape index (κ1) is 14.7. The van der Waals surface area contributed by atoms with Crippen molar-refractivity contribution in [2.45, 2.75) is 30.5 Å². The smallest absolute Gasteiger partial charge is 0.255 e. The molecule has 1 aromatic heterocycles. The van der Waals surface area contributed by atoms with Crippen molar-refractivity contribution in [1.82, 2.24) is 14.6 Å². The Morgan fingerprint density at radius 1 is 1.47 bits per heavy atom. The molecular weight excluding hydrogens is 310 g/mol. The van der Waals surface area contributed by atoms with Gasteiger partial charge in [-0.3, -0.25) is 4.79 Å². The molecule has 2 heterocycles. The van der Waals surface area contributed by atoms with E-state index in [1.165, 1.54) is 4.31 Å². The number of halogens is 1. The van der Waals surface area contributed by atoms with Gasteiger partial charge in [0.25, 0.3) is 10.0 Å². The lowest BCUT2D eigenvalue weighted by atomic mass is 10.0. The maximum atomic E-state index is 12.6. The van der Waals surface area contributed by atoms with E-state index in [4.69, 9.17) is 11.6 Å². The zero-order chi connectivity index (χ0) is 14.4. The number of nitrogens with one attached hydrogen (secondary N) is 1. The Hall–Kier alpha value is -0.700. The van der Waals surface area contributed by atoms with Crippen LogP contribution in [0.2, 0.25) is 4.47 Å². The van der Waals surface area contributed by atoms with Crippen molar-refractivity contribution in [1.29, 1.82) is 0 Å². The molecule has 1 N–H and O–H groups in total. The average molecular weight is 324 g/mol. The normalized spacial score (nSPS) is 20.3. The van der Waals surface area contributed by atoms with E-state index in [2.05, 4.69) is 10.3 Å². The molecule has 0 radical (unpaired) electrons. The second kappa shape index (κ2) is 4.69. The molecule has 6 nitrogen and oxygen atoms in total. The number of sulfonamides is 1. The molecule has 0 unspecified atom stereocenters. The van der Waals surface area contributed by atoms with Gasteiger partial charge in [-0.15, -0.1) is 0 Å². The van der Waals surface area contributed by atoms with Gasteiger partial charge in [0.05, 0.1) is 5.69 Å². The number of thiazole rings is 1. The van der Waals surface area contributed by atoms with Crippen LogP contribution in [0.1, 0.15) is 19.5 Å². The zero-order valence-electron chi connectivity index (χ0n) is 10.7. The van der Waals surface area contributed by atoms with Gasteiger partial charge in [-0.05, 0) is 20.8 Å². The molecular formula is C10H14ClN3O3S2. The van der Waals surface area contributed by atoms with Crippen molar-refractivity contribution in [3.63, 3.8) is 0 Å². The second-order valence-electron chi connectivity index (χ2n) is 4.73. The highest BCUT2D eigenvalue weighted by molar-refractivity contribution is 7.91. The lowest BCUT2D eigenvalue weighted by molar-refractivity contribution is -0.131. The molecule has 0 bridgehead atoms. The van der Waals surface area contributed by atoms with Crippen LogP contribution in [0.25, 0.3) is 0 Å². The summed E-state index contributed by atoms with van der Waals surface area (Å²) in [7, 11) is -3.77. The number of piperazine rings is 1. The van der Waals surface area contributed by atoms with Gasteiger partial charge in [0.1, 0.15) is 5.54 Å². The standard InChI is InChI=1S/C10H14ClN3O3S2/c1-6-7(18-9(11)13-6)19(16,17)14-5-4-12-8(15)10(14,2)3/h4-5H2,1-3H3,(H,12,15). The Bertz CT molecular complexity index is 624. The van der Waals surface area contributed by atoms with Crippen molar-refractivity contribution in [3.8, 4) is 0 Å². The zero-order valence-corrected chi connectivity index (χ0v) is 13.1. The summed E-state index contributed by atoms with van der Waals surface area (Å²) >= 11 is 6.67. The molecule has 0 aromatic carbocycles. The maximum absolute atomic E-state index is 12.6. The Kier molecular flexibility index (Phi) is 3.63. The van der Waals surface area contributed by atoms with Crippen LogP contribution in [-0.2, 0) is 14.8 Å². The summed E-state index contributed by atoms with van der Waals surface area (Å²) in [5.74, 6) is -0.310. The maximum Gasteiger partial charge on any atom is 0.255 e. The monoisotopic (exact) mass is 323 g/mol. The summed E-state index contributed by atoms with van der Waals surface area (Å²) in [5, 5.41) is 2.66. The number of amides is 1. The van der Waals surface area contributed by atoms with Crippen LogP contribution in [0.15, 0.2) is 4.21 Å². The number of aromatic nitrogens is 1. The number of aryl methyl sites for hydroxylation is 1. The van der Waals surface area contributed by atoms with Crippen molar-refractivity contribution in [2.75, 3.05) is 13.1 Å². The molecule has 1 aromatic rings. The SMILES string of the molecule is Cc1nc(Cl)sc1S(=O)(=O)N1CCNC(=O)C1(C)C. The highest BCUT2D eigenvalue weighted by Gasteiger charge is 2.46. The van der Waals surface area contributed by atoms with Crippen LogP contribution in [0, 0.1) is 6.92 Å². The second-order valence-corrected chi connectivity index (χ2v) is 8.37. The van der Waals surface area contributed by atoms with Crippen LogP contribution >= 0.6 is 22.9 Å². The van der Waals surface area contributed by atoms with Gasteiger partial charge in [0, 0.05) is 13.1 Å².